The molecule has 6 heteroatoms. The first-order chi connectivity index (χ1) is 16.1. The Hall–Kier alpha value is -4.16. The zero-order valence-electron chi connectivity index (χ0n) is 17.7. The molecule has 5 rings (SSSR count). The molecule has 1 heterocycles. The minimum Gasteiger partial charge on any atom is -0.491 e. The fourth-order valence-corrected chi connectivity index (χ4v) is 3.86. The van der Waals surface area contributed by atoms with Crippen LogP contribution in [0.5, 0.6) is 11.5 Å². The average Bonchev–Trinajstić information content (AvgIpc) is 3.11. The van der Waals surface area contributed by atoms with Crippen LogP contribution < -0.4 is 14.4 Å². The van der Waals surface area contributed by atoms with Crippen LogP contribution in [0.3, 0.4) is 0 Å². The highest BCUT2D eigenvalue weighted by atomic mass is 16.5. The quantitative estimate of drug-likeness (QED) is 0.431. The molecule has 1 N–H and O–H groups in total. The molecule has 0 saturated heterocycles. The van der Waals surface area contributed by atoms with E-state index in [2.05, 4.69) is 0 Å². The molecule has 0 unspecified atom stereocenters. The second-order valence-corrected chi connectivity index (χ2v) is 7.74. The van der Waals surface area contributed by atoms with Crippen molar-refractivity contribution in [2.75, 3.05) is 18.1 Å². The number of imide groups is 1. The number of benzene rings is 4. The van der Waals surface area contributed by atoms with Gasteiger partial charge >= 0.3 is 0 Å². The summed E-state index contributed by atoms with van der Waals surface area (Å²) >= 11 is 0. The number of nitrogens with zero attached hydrogens (tertiary/aromatic N) is 1. The molecule has 0 bridgehead atoms. The van der Waals surface area contributed by atoms with Crippen LogP contribution in [-0.2, 0) is 0 Å². The van der Waals surface area contributed by atoms with Crippen LogP contribution >= 0.6 is 0 Å². The summed E-state index contributed by atoms with van der Waals surface area (Å²) < 4.78 is 11.5. The molecule has 0 radical (unpaired) electrons. The molecular weight excluding hydrogens is 418 g/mol. The maximum atomic E-state index is 12.6. The topological polar surface area (TPSA) is 76.1 Å². The fourth-order valence-electron chi connectivity index (χ4n) is 3.86. The van der Waals surface area contributed by atoms with E-state index in [1.165, 1.54) is 0 Å². The first-order valence-electron chi connectivity index (χ1n) is 10.6. The average molecular weight is 439 g/mol. The number of anilines is 1. The number of aliphatic hydroxyl groups is 1. The van der Waals surface area contributed by atoms with Crippen molar-refractivity contribution < 1.29 is 24.2 Å². The number of hydrogen-bond donors (Lipinski definition) is 1. The zero-order chi connectivity index (χ0) is 22.8. The van der Waals surface area contributed by atoms with Gasteiger partial charge in [-0.2, -0.15) is 0 Å². The Bertz CT molecular complexity index is 1290. The fraction of sp³-hybridized carbons (Fsp3) is 0.111. The van der Waals surface area contributed by atoms with Gasteiger partial charge in [-0.15, -0.1) is 0 Å². The van der Waals surface area contributed by atoms with E-state index in [4.69, 9.17) is 9.47 Å². The predicted molar refractivity (Wildman–Crippen MR) is 125 cm³/mol. The van der Waals surface area contributed by atoms with Gasteiger partial charge in [0.25, 0.3) is 11.8 Å². The lowest BCUT2D eigenvalue weighted by molar-refractivity contribution is 0.0632. The van der Waals surface area contributed by atoms with Crippen LogP contribution in [-0.4, -0.2) is 36.2 Å². The summed E-state index contributed by atoms with van der Waals surface area (Å²) in [7, 11) is 0. The van der Waals surface area contributed by atoms with E-state index < -0.39 is 6.10 Å². The molecule has 1 aliphatic rings. The summed E-state index contributed by atoms with van der Waals surface area (Å²) in [6, 6.07) is 27.1. The maximum Gasteiger partial charge on any atom is 0.266 e. The predicted octanol–water partition coefficient (Wildman–Crippen LogP) is 4.46. The molecule has 0 fully saturated rings. The van der Waals surface area contributed by atoms with Crippen molar-refractivity contribution >= 4 is 28.3 Å². The summed E-state index contributed by atoms with van der Waals surface area (Å²) in [5, 5.41) is 12.3. The summed E-state index contributed by atoms with van der Waals surface area (Å²) in [6.45, 7) is 0.123. The first kappa shape index (κ1) is 20.7. The van der Waals surface area contributed by atoms with Crippen molar-refractivity contribution in [3.8, 4) is 11.5 Å². The van der Waals surface area contributed by atoms with Crippen molar-refractivity contribution in [2.24, 2.45) is 0 Å². The molecule has 4 aromatic carbocycles. The molecule has 33 heavy (non-hydrogen) atoms. The molecule has 4 aromatic rings. The Labute approximate surface area is 190 Å². The Morgan fingerprint density at radius 3 is 2.03 bits per heavy atom. The minimum atomic E-state index is -0.833. The Morgan fingerprint density at radius 2 is 1.30 bits per heavy atom. The molecule has 0 spiro atoms. The summed E-state index contributed by atoms with van der Waals surface area (Å²) in [4.78, 5) is 26.4. The lowest BCUT2D eigenvalue weighted by Gasteiger charge is -2.16. The van der Waals surface area contributed by atoms with E-state index in [-0.39, 0.29) is 25.0 Å². The SMILES string of the molecule is O=C1c2ccccc2C(=O)N1c1ccc(OC[C@H](O)COc2cccc3ccccc23)cc1. The number of aliphatic hydroxyl groups excluding tert-OH is 1. The second kappa shape index (κ2) is 8.76. The number of rotatable bonds is 7. The number of hydrogen-bond acceptors (Lipinski definition) is 5. The van der Waals surface area contributed by atoms with Gasteiger partial charge in [-0.3, -0.25) is 9.59 Å². The summed E-state index contributed by atoms with van der Waals surface area (Å²) in [6.07, 6.45) is -0.833. The standard InChI is InChI=1S/C27H21NO5/c29-20(17-33-25-11-5-7-18-6-1-2-8-22(18)25)16-32-21-14-12-19(13-15-21)28-26(30)23-9-3-4-10-24(23)27(28)31/h1-15,20,29H,16-17H2/t20-/m0/s1. The number of carbonyl (C=O) groups is 2. The summed E-state index contributed by atoms with van der Waals surface area (Å²) in [5.41, 5.74) is 1.27. The van der Waals surface area contributed by atoms with Crippen molar-refractivity contribution in [1.82, 2.24) is 0 Å². The van der Waals surface area contributed by atoms with Gasteiger partial charge in [-0.1, -0.05) is 48.5 Å². The van der Waals surface area contributed by atoms with Crippen LogP contribution in [0, 0.1) is 0 Å². The van der Waals surface area contributed by atoms with Gasteiger partial charge in [0.05, 0.1) is 16.8 Å². The molecule has 0 aromatic heterocycles. The molecule has 6 nitrogen and oxygen atoms in total. The molecule has 1 aliphatic heterocycles. The lowest BCUT2D eigenvalue weighted by Crippen LogP contribution is -2.29. The van der Waals surface area contributed by atoms with Crippen LogP contribution in [0.25, 0.3) is 10.8 Å². The van der Waals surface area contributed by atoms with E-state index in [0.717, 1.165) is 15.7 Å². The smallest absolute Gasteiger partial charge is 0.266 e. The van der Waals surface area contributed by atoms with Gasteiger partial charge in [-0.25, -0.2) is 4.90 Å². The Kier molecular flexibility index (Phi) is 5.50. The molecule has 2 amide bonds. The van der Waals surface area contributed by atoms with Crippen LogP contribution in [0.1, 0.15) is 20.7 Å². The number of fused-ring (bicyclic) bond motifs is 2. The van der Waals surface area contributed by atoms with Crippen molar-refractivity contribution in [1.29, 1.82) is 0 Å². The van der Waals surface area contributed by atoms with E-state index in [1.807, 2.05) is 42.5 Å². The minimum absolute atomic E-state index is 0.0388. The van der Waals surface area contributed by atoms with Crippen LogP contribution in [0.2, 0.25) is 0 Å². The zero-order valence-corrected chi connectivity index (χ0v) is 17.7. The van der Waals surface area contributed by atoms with Crippen LogP contribution in [0.4, 0.5) is 5.69 Å². The molecule has 164 valence electrons. The maximum absolute atomic E-state index is 12.6. The third-order valence-corrected chi connectivity index (χ3v) is 5.51. The van der Waals surface area contributed by atoms with E-state index >= 15 is 0 Å². The second-order valence-electron chi connectivity index (χ2n) is 7.74. The largest absolute Gasteiger partial charge is 0.491 e. The van der Waals surface area contributed by atoms with Gasteiger partial charge in [0.1, 0.15) is 30.8 Å². The van der Waals surface area contributed by atoms with Gasteiger partial charge in [0, 0.05) is 5.39 Å². The molecule has 0 aliphatic carbocycles. The van der Waals surface area contributed by atoms with Crippen molar-refractivity contribution in [2.45, 2.75) is 6.10 Å². The monoisotopic (exact) mass is 439 g/mol. The summed E-state index contributed by atoms with van der Waals surface area (Å²) in [5.74, 6) is 0.535. The Morgan fingerprint density at radius 1 is 0.697 bits per heavy atom. The number of carbonyl (C=O) groups excluding carboxylic acids is 2. The Balaban J connectivity index is 1.18. The van der Waals surface area contributed by atoms with Crippen LogP contribution in [0.15, 0.2) is 91.0 Å². The normalized spacial score (nSPS) is 13.8. The van der Waals surface area contributed by atoms with Crippen molar-refractivity contribution in [3.05, 3.63) is 102 Å². The number of amides is 2. The molecular formula is C27H21NO5. The van der Waals surface area contributed by atoms with Gasteiger partial charge in [0.15, 0.2) is 0 Å². The molecule has 1 atom stereocenters. The van der Waals surface area contributed by atoms with Gasteiger partial charge in [0.2, 0.25) is 0 Å². The van der Waals surface area contributed by atoms with E-state index in [9.17, 15) is 14.7 Å². The highest BCUT2D eigenvalue weighted by Crippen LogP contribution is 2.29. The van der Waals surface area contributed by atoms with E-state index in [1.54, 1.807) is 48.5 Å². The highest BCUT2D eigenvalue weighted by molar-refractivity contribution is 6.34. The van der Waals surface area contributed by atoms with E-state index in [0.29, 0.717) is 28.3 Å². The first-order valence-corrected chi connectivity index (χ1v) is 10.6. The lowest BCUT2D eigenvalue weighted by atomic mass is 10.1. The molecule has 0 saturated carbocycles. The number of ether oxygens (including phenoxy) is 2. The van der Waals surface area contributed by atoms with Gasteiger partial charge in [-0.05, 0) is 47.9 Å². The third kappa shape index (κ3) is 4.04. The van der Waals surface area contributed by atoms with Gasteiger partial charge < -0.3 is 14.6 Å². The third-order valence-electron chi connectivity index (χ3n) is 5.51. The highest BCUT2D eigenvalue weighted by Gasteiger charge is 2.36. The van der Waals surface area contributed by atoms with Crippen molar-refractivity contribution in [3.63, 3.8) is 0 Å².